The molecule has 0 aliphatic carbocycles. The molecule has 2 aromatic carbocycles. The molecule has 3 N–H and O–H groups in total. The van der Waals surface area contributed by atoms with Crippen molar-refractivity contribution in [1.29, 1.82) is 0 Å². The van der Waals surface area contributed by atoms with Gasteiger partial charge in [0.2, 0.25) is 5.91 Å². The van der Waals surface area contributed by atoms with Crippen LogP contribution in [0.3, 0.4) is 0 Å². The topological polar surface area (TPSA) is 65.5 Å². The van der Waals surface area contributed by atoms with Crippen LogP contribution in [0.1, 0.15) is 26.3 Å². The first kappa shape index (κ1) is 22.2. The first-order chi connectivity index (χ1) is 11.9. The summed E-state index contributed by atoms with van der Waals surface area (Å²) in [5, 5.41) is 11.7. The smallest absolute Gasteiger partial charge is 0.239 e. The minimum absolute atomic E-state index is 0. The molecule has 5 nitrogen and oxygen atoms in total. The van der Waals surface area contributed by atoms with Gasteiger partial charge in [-0.05, 0) is 43.5 Å². The molecule has 0 aromatic heterocycles. The Morgan fingerprint density at radius 3 is 2.42 bits per heavy atom. The molecule has 0 unspecified atom stereocenters. The third-order valence-corrected chi connectivity index (χ3v) is 3.72. The molecule has 0 fully saturated rings. The molecule has 1 amide bonds. The normalized spacial score (nSPS) is 11.6. The fraction of sp³-hybridized carbons (Fsp3) is 0.400. The number of hydrogen-bond donors (Lipinski definition) is 3. The van der Waals surface area contributed by atoms with Gasteiger partial charge in [0.25, 0.3) is 0 Å². The summed E-state index contributed by atoms with van der Waals surface area (Å²) in [5.41, 5.74) is 1.07. The van der Waals surface area contributed by atoms with Crippen LogP contribution in [-0.4, -0.2) is 37.5 Å². The highest BCUT2D eigenvalue weighted by Gasteiger charge is 2.13. The van der Waals surface area contributed by atoms with E-state index in [0.29, 0.717) is 5.96 Å². The summed E-state index contributed by atoms with van der Waals surface area (Å²) >= 11 is 0. The van der Waals surface area contributed by atoms with E-state index in [-0.39, 0.29) is 42.0 Å². The molecule has 26 heavy (non-hydrogen) atoms. The Labute approximate surface area is 173 Å². The first-order valence-electron chi connectivity index (χ1n) is 8.61. The number of benzene rings is 2. The quantitative estimate of drug-likeness (QED) is 0.359. The van der Waals surface area contributed by atoms with Gasteiger partial charge in [0.1, 0.15) is 0 Å². The standard InChI is InChI=1S/C20H28N4O.HI/c1-20(2,3)24-18(25)14-23-19(21-4)22-13-12-16-10-7-9-15-8-5-6-11-17(15)16;/h5-11H,12-14H2,1-4H3,(H,24,25)(H2,21,22,23);1H. The molecule has 0 heterocycles. The van der Waals surface area contributed by atoms with Crippen molar-refractivity contribution >= 4 is 46.6 Å². The zero-order valence-electron chi connectivity index (χ0n) is 15.9. The number of rotatable bonds is 5. The first-order valence-corrected chi connectivity index (χ1v) is 8.61. The Morgan fingerprint density at radius 1 is 1.04 bits per heavy atom. The fourth-order valence-corrected chi connectivity index (χ4v) is 2.67. The number of carbonyl (C=O) groups excluding carboxylic acids is 1. The van der Waals surface area contributed by atoms with E-state index in [1.54, 1.807) is 7.05 Å². The highest BCUT2D eigenvalue weighted by molar-refractivity contribution is 14.0. The van der Waals surface area contributed by atoms with E-state index in [2.05, 4.69) is 63.4 Å². The van der Waals surface area contributed by atoms with Gasteiger partial charge >= 0.3 is 0 Å². The highest BCUT2D eigenvalue weighted by Crippen LogP contribution is 2.18. The lowest BCUT2D eigenvalue weighted by Crippen LogP contribution is -2.48. The van der Waals surface area contributed by atoms with Crippen LogP contribution >= 0.6 is 24.0 Å². The van der Waals surface area contributed by atoms with Crippen molar-refractivity contribution in [3.63, 3.8) is 0 Å². The maximum atomic E-state index is 11.9. The Morgan fingerprint density at radius 2 is 1.73 bits per heavy atom. The van der Waals surface area contributed by atoms with E-state index < -0.39 is 0 Å². The van der Waals surface area contributed by atoms with Crippen LogP contribution in [0.2, 0.25) is 0 Å². The number of amides is 1. The predicted molar refractivity (Wildman–Crippen MR) is 120 cm³/mol. The maximum absolute atomic E-state index is 11.9. The van der Waals surface area contributed by atoms with E-state index in [1.807, 2.05) is 20.8 Å². The molecule has 6 heteroatoms. The number of carbonyl (C=O) groups is 1. The highest BCUT2D eigenvalue weighted by atomic mass is 127. The molecule has 0 saturated heterocycles. The molecule has 0 saturated carbocycles. The van der Waals surface area contributed by atoms with Crippen molar-refractivity contribution in [3.05, 3.63) is 48.0 Å². The van der Waals surface area contributed by atoms with Gasteiger partial charge in [0.15, 0.2) is 5.96 Å². The van der Waals surface area contributed by atoms with Gasteiger partial charge in [0.05, 0.1) is 6.54 Å². The Kier molecular flexibility index (Phi) is 8.84. The average Bonchev–Trinajstić information content (AvgIpc) is 2.56. The van der Waals surface area contributed by atoms with Crippen LogP contribution in [0.15, 0.2) is 47.5 Å². The largest absolute Gasteiger partial charge is 0.356 e. The Bertz CT molecular complexity index is 748. The Balaban J connectivity index is 0.00000338. The molecular formula is C20H29IN4O. The number of halogens is 1. The summed E-state index contributed by atoms with van der Waals surface area (Å²) in [5.74, 6) is 0.578. The molecule has 2 aromatic rings. The summed E-state index contributed by atoms with van der Waals surface area (Å²) in [6.07, 6.45) is 0.885. The molecular weight excluding hydrogens is 439 g/mol. The Hall–Kier alpha value is -1.83. The second-order valence-corrected chi connectivity index (χ2v) is 7.04. The summed E-state index contributed by atoms with van der Waals surface area (Å²) in [6, 6.07) is 14.8. The van der Waals surface area contributed by atoms with Gasteiger partial charge in [-0.1, -0.05) is 42.5 Å². The fourth-order valence-electron chi connectivity index (χ4n) is 2.67. The molecule has 0 atom stereocenters. The van der Waals surface area contributed by atoms with Gasteiger partial charge < -0.3 is 16.0 Å². The van der Waals surface area contributed by atoms with Gasteiger partial charge in [-0.25, -0.2) is 0 Å². The molecule has 0 spiro atoms. The van der Waals surface area contributed by atoms with Crippen LogP contribution < -0.4 is 16.0 Å². The van der Waals surface area contributed by atoms with E-state index >= 15 is 0 Å². The zero-order valence-corrected chi connectivity index (χ0v) is 18.3. The van der Waals surface area contributed by atoms with Crippen molar-refractivity contribution in [2.24, 2.45) is 4.99 Å². The van der Waals surface area contributed by atoms with E-state index in [0.717, 1.165) is 13.0 Å². The molecule has 142 valence electrons. The van der Waals surface area contributed by atoms with Gasteiger partial charge in [-0.3, -0.25) is 9.79 Å². The average molecular weight is 468 g/mol. The number of nitrogens with one attached hydrogen (secondary N) is 3. The summed E-state index contributed by atoms with van der Waals surface area (Å²) in [4.78, 5) is 16.0. The summed E-state index contributed by atoms with van der Waals surface area (Å²) in [6.45, 7) is 6.83. The lowest BCUT2D eigenvalue weighted by atomic mass is 10.0. The van der Waals surface area contributed by atoms with Crippen LogP contribution in [-0.2, 0) is 11.2 Å². The van der Waals surface area contributed by atoms with Crippen molar-refractivity contribution in [2.75, 3.05) is 20.1 Å². The SMILES string of the molecule is CN=C(NCCc1cccc2ccccc12)NCC(=O)NC(C)(C)C.I. The molecule has 2 rings (SSSR count). The maximum Gasteiger partial charge on any atom is 0.239 e. The monoisotopic (exact) mass is 468 g/mol. The molecule has 0 aliphatic rings. The third-order valence-electron chi connectivity index (χ3n) is 3.72. The van der Waals surface area contributed by atoms with Crippen LogP contribution in [0.25, 0.3) is 10.8 Å². The van der Waals surface area contributed by atoms with E-state index in [1.165, 1.54) is 16.3 Å². The van der Waals surface area contributed by atoms with Crippen molar-refractivity contribution in [1.82, 2.24) is 16.0 Å². The van der Waals surface area contributed by atoms with Gasteiger partial charge in [0, 0.05) is 19.1 Å². The summed E-state index contributed by atoms with van der Waals surface area (Å²) in [7, 11) is 1.70. The predicted octanol–water partition coefficient (Wildman–Crippen LogP) is 3.08. The van der Waals surface area contributed by atoms with Crippen molar-refractivity contribution in [2.45, 2.75) is 32.7 Å². The lowest BCUT2D eigenvalue weighted by Gasteiger charge is -2.21. The number of fused-ring (bicyclic) bond motifs is 1. The number of aliphatic imine (C=N–C) groups is 1. The number of guanidine groups is 1. The van der Waals surface area contributed by atoms with Crippen LogP contribution in [0.5, 0.6) is 0 Å². The van der Waals surface area contributed by atoms with Crippen LogP contribution in [0, 0.1) is 0 Å². The van der Waals surface area contributed by atoms with E-state index in [4.69, 9.17) is 0 Å². The minimum Gasteiger partial charge on any atom is -0.356 e. The summed E-state index contributed by atoms with van der Waals surface area (Å²) < 4.78 is 0. The minimum atomic E-state index is -0.232. The van der Waals surface area contributed by atoms with Crippen molar-refractivity contribution in [3.8, 4) is 0 Å². The molecule has 0 aliphatic heterocycles. The van der Waals surface area contributed by atoms with Crippen LogP contribution in [0.4, 0.5) is 0 Å². The second-order valence-electron chi connectivity index (χ2n) is 7.04. The van der Waals surface area contributed by atoms with E-state index in [9.17, 15) is 4.79 Å². The van der Waals surface area contributed by atoms with Gasteiger partial charge in [-0.2, -0.15) is 0 Å². The molecule has 0 radical (unpaired) electrons. The lowest BCUT2D eigenvalue weighted by molar-refractivity contribution is -0.121. The number of hydrogen-bond acceptors (Lipinski definition) is 2. The zero-order chi connectivity index (χ0) is 18.3. The second kappa shape index (κ2) is 10.4. The molecule has 0 bridgehead atoms. The van der Waals surface area contributed by atoms with Crippen molar-refractivity contribution < 1.29 is 4.79 Å². The third kappa shape index (κ3) is 7.19. The number of nitrogens with zero attached hydrogens (tertiary/aromatic N) is 1. The van der Waals surface area contributed by atoms with Gasteiger partial charge in [-0.15, -0.1) is 24.0 Å².